The van der Waals surface area contributed by atoms with E-state index in [2.05, 4.69) is 27.1 Å². The number of fused-ring (bicyclic) bond motifs is 1. The molecule has 74 valence electrons. The van der Waals surface area contributed by atoms with E-state index in [0.29, 0.717) is 0 Å². The second kappa shape index (κ2) is 4.17. The maximum Gasteiger partial charge on any atom is 0.158 e. The minimum Gasteiger partial charge on any atom is -0.260 e. The van der Waals surface area contributed by atoms with Gasteiger partial charge in [-0.25, -0.2) is 9.97 Å². The Kier molecular flexibility index (Phi) is 2.72. The average molecular weight is 190 g/mol. The largest absolute Gasteiger partial charge is 0.260 e. The second-order valence-electron chi connectivity index (χ2n) is 3.41. The predicted molar refractivity (Wildman–Crippen MR) is 54.9 cm³/mol. The molecule has 1 N–H and O–H groups in total. The molecule has 4 nitrogen and oxygen atoms in total. The Balaban J connectivity index is 2.17. The highest BCUT2D eigenvalue weighted by Crippen LogP contribution is 2.14. The standard InChI is InChI=1S/C10H14N4/c1-2-3-4-5-9-8-6-11-7-12-10(8)14-13-9/h6-7H,2-5H2,1H3,(H,11,12,13,14). The molecule has 0 aromatic carbocycles. The highest BCUT2D eigenvalue weighted by Gasteiger charge is 2.04. The molecule has 0 radical (unpaired) electrons. The van der Waals surface area contributed by atoms with Crippen LogP contribution in [0.5, 0.6) is 0 Å². The summed E-state index contributed by atoms with van der Waals surface area (Å²) in [5.41, 5.74) is 1.93. The summed E-state index contributed by atoms with van der Waals surface area (Å²) < 4.78 is 0. The van der Waals surface area contributed by atoms with Crippen LogP contribution >= 0.6 is 0 Å². The molecule has 0 aliphatic heterocycles. The number of hydrogen-bond donors (Lipinski definition) is 1. The summed E-state index contributed by atoms with van der Waals surface area (Å²) >= 11 is 0. The minimum absolute atomic E-state index is 0.839. The van der Waals surface area contributed by atoms with Crippen LogP contribution in [0.3, 0.4) is 0 Å². The van der Waals surface area contributed by atoms with E-state index in [4.69, 9.17) is 0 Å². The van der Waals surface area contributed by atoms with Gasteiger partial charge in [0, 0.05) is 6.20 Å². The van der Waals surface area contributed by atoms with Gasteiger partial charge in [-0.1, -0.05) is 19.8 Å². The molecule has 0 fully saturated rings. The number of nitrogens with one attached hydrogen (secondary N) is 1. The van der Waals surface area contributed by atoms with Crippen LogP contribution < -0.4 is 0 Å². The first kappa shape index (κ1) is 9.12. The molecule has 0 spiro atoms. The molecule has 4 heteroatoms. The van der Waals surface area contributed by atoms with Gasteiger partial charge in [0.2, 0.25) is 0 Å². The van der Waals surface area contributed by atoms with Crippen LogP contribution in [-0.2, 0) is 6.42 Å². The van der Waals surface area contributed by atoms with Crippen molar-refractivity contribution in [2.45, 2.75) is 32.6 Å². The van der Waals surface area contributed by atoms with Gasteiger partial charge in [-0.15, -0.1) is 0 Å². The number of aryl methyl sites for hydroxylation is 1. The molecule has 0 bridgehead atoms. The maximum atomic E-state index is 4.24. The maximum absolute atomic E-state index is 4.24. The Hall–Kier alpha value is -1.45. The number of aromatic amines is 1. The van der Waals surface area contributed by atoms with E-state index in [1.165, 1.54) is 25.6 Å². The number of unbranched alkanes of at least 4 members (excludes halogenated alkanes) is 2. The molecule has 0 saturated heterocycles. The van der Waals surface area contributed by atoms with E-state index in [0.717, 1.165) is 23.1 Å². The minimum atomic E-state index is 0.839. The summed E-state index contributed by atoms with van der Waals surface area (Å²) in [7, 11) is 0. The van der Waals surface area contributed by atoms with Crippen LogP contribution in [0.15, 0.2) is 12.5 Å². The summed E-state index contributed by atoms with van der Waals surface area (Å²) in [6, 6.07) is 0. The van der Waals surface area contributed by atoms with E-state index in [-0.39, 0.29) is 0 Å². The monoisotopic (exact) mass is 190 g/mol. The normalized spacial score (nSPS) is 10.9. The Bertz CT molecular complexity index is 407. The van der Waals surface area contributed by atoms with Gasteiger partial charge in [0.25, 0.3) is 0 Å². The van der Waals surface area contributed by atoms with E-state index in [1.54, 1.807) is 0 Å². The van der Waals surface area contributed by atoms with Gasteiger partial charge in [0.15, 0.2) is 5.65 Å². The molecule has 2 heterocycles. The van der Waals surface area contributed by atoms with Gasteiger partial charge in [-0.2, -0.15) is 5.10 Å². The lowest BCUT2D eigenvalue weighted by atomic mass is 10.1. The molecule has 0 unspecified atom stereocenters. The van der Waals surface area contributed by atoms with Gasteiger partial charge in [0.05, 0.1) is 11.1 Å². The molecule has 2 aromatic rings. The molecule has 14 heavy (non-hydrogen) atoms. The van der Waals surface area contributed by atoms with Crippen molar-refractivity contribution in [3.05, 3.63) is 18.2 Å². The number of aromatic nitrogens is 4. The third kappa shape index (κ3) is 1.73. The van der Waals surface area contributed by atoms with Crippen LogP contribution in [0.25, 0.3) is 11.0 Å². The number of rotatable bonds is 4. The molecular weight excluding hydrogens is 176 g/mol. The molecule has 0 saturated carbocycles. The molecule has 2 rings (SSSR count). The van der Waals surface area contributed by atoms with Gasteiger partial charge < -0.3 is 0 Å². The Morgan fingerprint density at radius 2 is 2.29 bits per heavy atom. The molecule has 0 aliphatic rings. The molecule has 0 aliphatic carbocycles. The molecule has 0 amide bonds. The van der Waals surface area contributed by atoms with Gasteiger partial charge in [0.1, 0.15) is 6.33 Å². The first-order valence-corrected chi connectivity index (χ1v) is 5.04. The molecule has 0 atom stereocenters. The van der Waals surface area contributed by atoms with Crippen molar-refractivity contribution in [1.29, 1.82) is 0 Å². The van der Waals surface area contributed by atoms with E-state index in [1.807, 2.05) is 6.20 Å². The van der Waals surface area contributed by atoms with Crippen molar-refractivity contribution in [2.75, 3.05) is 0 Å². The second-order valence-corrected chi connectivity index (χ2v) is 3.41. The van der Waals surface area contributed by atoms with Crippen molar-refractivity contribution in [3.63, 3.8) is 0 Å². The van der Waals surface area contributed by atoms with Crippen LogP contribution in [0.4, 0.5) is 0 Å². The van der Waals surface area contributed by atoms with Crippen molar-refractivity contribution >= 4 is 11.0 Å². The molecular formula is C10H14N4. The lowest BCUT2D eigenvalue weighted by Gasteiger charge is -1.95. The average Bonchev–Trinajstić information content (AvgIpc) is 2.63. The fraction of sp³-hybridized carbons (Fsp3) is 0.500. The smallest absolute Gasteiger partial charge is 0.158 e. The SMILES string of the molecule is CCCCCc1n[nH]c2ncncc12. The predicted octanol–water partition coefficient (Wildman–Crippen LogP) is 2.09. The summed E-state index contributed by atoms with van der Waals surface area (Å²) in [6.45, 7) is 2.20. The van der Waals surface area contributed by atoms with E-state index in [9.17, 15) is 0 Å². The Morgan fingerprint density at radius 1 is 1.36 bits per heavy atom. The first-order valence-electron chi connectivity index (χ1n) is 5.04. The highest BCUT2D eigenvalue weighted by atomic mass is 15.2. The first-order chi connectivity index (χ1) is 6.92. The van der Waals surface area contributed by atoms with Gasteiger partial charge in [-0.05, 0) is 12.8 Å². The van der Waals surface area contributed by atoms with E-state index >= 15 is 0 Å². The number of nitrogens with zero attached hydrogens (tertiary/aromatic N) is 3. The van der Waals surface area contributed by atoms with Crippen molar-refractivity contribution < 1.29 is 0 Å². The quantitative estimate of drug-likeness (QED) is 0.751. The van der Waals surface area contributed by atoms with Crippen LogP contribution in [-0.4, -0.2) is 20.2 Å². The lowest BCUT2D eigenvalue weighted by molar-refractivity contribution is 0.707. The van der Waals surface area contributed by atoms with Gasteiger partial charge >= 0.3 is 0 Å². The zero-order valence-corrected chi connectivity index (χ0v) is 8.32. The van der Waals surface area contributed by atoms with Crippen molar-refractivity contribution in [1.82, 2.24) is 20.2 Å². The highest BCUT2D eigenvalue weighted by molar-refractivity contribution is 5.76. The van der Waals surface area contributed by atoms with Gasteiger partial charge in [-0.3, -0.25) is 5.10 Å². The summed E-state index contributed by atoms with van der Waals surface area (Å²) in [5, 5.41) is 8.21. The summed E-state index contributed by atoms with van der Waals surface area (Å²) in [6.07, 6.45) is 8.05. The Morgan fingerprint density at radius 3 is 3.14 bits per heavy atom. The van der Waals surface area contributed by atoms with Crippen LogP contribution in [0.2, 0.25) is 0 Å². The lowest BCUT2D eigenvalue weighted by Crippen LogP contribution is -1.86. The van der Waals surface area contributed by atoms with Crippen molar-refractivity contribution in [3.8, 4) is 0 Å². The zero-order chi connectivity index (χ0) is 9.80. The Labute approximate surface area is 82.8 Å². The fourth-order valence-electron chi connectivity index (χ4n) is 1.54. The van der Waals surface area contributed by atoms with Crippen molar-refractivity contribution in [2.24, 2.45) is 0 Å². The zero-order valence-electron chi connectivity index (χ0n) is 8.32. The van der Waals surface area contributed by atoms with Crippen LogP contribution in [0.1, 0.15) is 31.9 Å². The summed E-state index contributed by atoms with van der Waals surface area (Å²) in [4.78, 5) is 8.10. The third-order valence-corrected chi connectivity index (χ3v) is 2.34. The third-order valence-electron chi connectivity index (χ3n) is 2.34. The molecule has 2 aromatic heterocycles. The fourth-order valence-corrected chi connectivity index (χ4v) is 1.54. The van der Waals surface area contributed by atoms with Crippen LogP contribution in [0, 0.1) is 0 Å². The summed E-state index contributed by atoms with van der Waals surface area (Å²) in [5.74, 6) is 0. The number of H-pyrrole nitrogens is 1. The topological polar surface area (TPSA) is 54.5 Å². The van der Waals surface area contributed by atoms with E-state index < -0.39 is 0 Å². The number of hydrogen-bond acceptors (Lipinski definition) is 3.